The van der Waals surface area contributed by atoms with Crippen LogP contribution < -0.4 is 0 Å². The third-order valence-electron chi connectivity index (χ3n) is 4.67. The highest BCUT2D eigenvalue weighted by molar-refractivity contribution is 5.76. The van der Waals surface area contributed by atoms with Crippen LogP contribution in [0.1, 0.15) is 39.0 Å². The molecule has 0 aromatic carbocycles. The molecule has 0 bridgehead atoms. The van der Waals surface area contributed by atoms with Gasteiger partial charge in [-0.2, -0.15) is 0 Å². The minimum absolute atomic E-state index is 0.195. The van der Waals surface area contributed by atoms with Gasteiger partial charge >= 0.3 is 5.97 Å². The van der Waals surface area contributed by atoms with Gasteiger partial charge in [0, 0.05) is 5.41 Å². The fourth-order valence-corrected chi connectivity index (χ4v) is 3.23. The average Bonchev–Trinajstić information content (AvgIpc) is 2.19. The molecule has 1 saturated carbocycles. The summed E-state index contributed by atoms with van der Waals surface area (Å²) in [7, 11) is 0. The predicted octanol–water partition coefficient (Wildman–Crippen LogP) is 1.42. The lowest BCUT2D eigenvalue weighted by atomic mass is 9.54. The first kappa shape index (κ1) is 11.9. The van der Waals surface area contributed by atoms with E-state index in [1.54, 1.807) is 0 Å². The van der Waals surface area contributed by atoms with Crippen LogP contribution in [0.5, 0.6) is 0 Å². The van der Waals surface area contributed by atoms with Gasteiger partial charge in [-0.1, -0.05) is 6.92 Å². The second-order valence-corrected chi connectivity index (χ2v) is 5.25. The van der Waals surface area contributed by atoms with Crippen molar-refractivity contribution in [3.8, 4) is 0 Å². The van der Waals surface area contributed by atoms with Crippen LogP contribution in [0.4, 0.5) is 0 Å². The van der Waals surface area contributed by atoms with Crippen molar-refractivity contribution >= 4 is 5.97 Å². The Labute approximate surface area is 95.6 Å². The molecule has 2 rings (SSSR count). The highest BCUT2D eigenvalue weighted by Gasteiger charge is 2.60. The van der Waals surface area contributed by atoms with Crippen molar-refractivity contribution in [3.05, 3.63) is 0 Å². The molecule has 0 spiro atoms. The SMILES string of the molecule is CCC1(C2(C(=O)O)CCC(O)CC2)COC1. The maximum Gasteiger partial charge on any atom is 0.310 e. The Morgan fingerprint density at radius 2 is 1.94 bits per heavy atom. The highest BCUT2D eigenvalue weighted by Crippen LogP contribution is 2.55. The topological polar surface area (TPSA) is 66.8 Å². The summed E-state index contributed by atoms with van der Waals surface area (Å²) in [5.74, 6) is -0.704. The Morgan fingerprint density at radius 3 is 2.25 bits per heavy atom. The van der Waals surface area contributed by atoms with Crippen molar-refractivity contribution < 1.29 is 19.7 Å². The summed E-state index contributed by atoms with van der Waals surface area (Å²) in [6, 6.07) is 0. The van der Waals surface area contributed by atoms with Gasteiger partial charge in [0.05, 0.1) is 24.7 Å². The molecule has 16 heavy (non-hydrogen) atoms. The van der Waals surface area contributed by atoms with Crippen molar-refractivity contribution in [1.29, 1.82) is 0 Å². The number of hydrogen-bond acceptors (Lipinski definition) is 3. The van der Waals surface area contributed by atoms with Crippen LogP contribution in [0.2, 0.25) is 0 Å². The van der Waals surface area contributed by atoms with Crippen LogP contribution in [-0.2, 0) is 9.53 Å². The second-order valence-electron chi connectivity index (χ2n) is 5.25. The number of aliphatic carboxylic acids is 1. The van der Waals surface area contributed by atoms with E-state index in [-0.39, 0.29) is 11.5 Å². The fourth-order valence-electron chi connectivity index (χ4n) is 3.23. The summed E-state index contributed by atoms with van der Waals surface area (Å²) in [5, 5.41) is 19.1. The van der Waals surface area contributed by atoms with Crippen molar-refractivity contribution in [2.45, 2.75) is 45.1 Å². The minimum atomic E-state index is -0.704. The molecule has 92 valence electrons. The van der Waals surface area contributed by atoms with E-state index in [2.05, 4.69) is 0 Å². The Morgan fingerprint density at radius 1 is 1.38 bits per heavy atom. The molecule has 0 amide bonds. The van der Waals surface area contributed by atoms with E-state index in [4.69, 9.17) is 4.74 Å². The standard InChI is InChI=1S/C12H20O4/c1-2-11(7-16-8-11)12(10(14)15)5-3-9(13)4-6-12/h9,13H,2-8H2,1H3,(H,14,15). The van der Waals surface area contributed by atoms with Crippen LogP contribution >= 0.6 is 0 Å². The molecule has 0 atom stereocenters. The van der Waals surface area contributed by atoms with Crippen LogP contribution in [0.3, 0.4) is 0 Å². The van der Waals surface area contributed by atoms with Crippen molar-refractivity contribution in [3.63, 3.8) is 0 Å². The molecule has 2 aliphatic rings. The molecule has 2 fully saturated rings. The summed E-state index contributed by atoms with van der Waals surface area (Å²) >= 11 is 0. The zero-order chi connectivity index (χ0) is 11.8. The van der Waals surface area contributed by atoms with E-state index in [0.29, 0.717) is 38.9 Å². The van der Waals surface area contributed by atoms with E-state index in [1.807, 2.05) is 6.92 Å². The molecule has 1 aliphatic heterocycles. The van der Waals surface area contributed by atoms with Gasteiger partial charge in [0.25, 0.3) is 0 Å². The van der Waals surface area contributed by atoms with Gasteiger partial charge in [0.15, 0.2) is 0 Å². The number of aliphatic hydroxyl groups excluding tert-OH is 1. The molecule has 2 N–H and O–H groups in total. The number of carbonyl (C=O) groups is 1. The number of carboxylic acids is 1. The van der Waals surface area contributed by atoms with Gasteiger partial charge < -0.3 is 14.9 Å². The first-order chi connectivity index (χ1) is 7.56. The number of ether oxygens (including phenoxy) is 1. The maximum atomic E-state index is 11.6. The lowest BCUT2D eigenvalue weighted by Crippen LogP contribution is -2.60. The first-order valence-electron chi connectivity index (χ1n) is 6.05. The van der Waals surface area contributed by atoms with E-state index < -0.39 is 11.4 Å². The number of aliphatic hydroxyl groups is 1. The average molecular weight is 228 g/mol. The Bertz CT molecular complexity index is 269. The third-order valence-corrected chi connectivity index (χ3v) is 4.67. The number of carboxylic acid groups (broad SMARTS) is 1. The van der Waals surface area contributed by atoms with E-state index >= 15 is 0 Å². The van der Waals surface area contributed by atoms with Gasteiger partial charge in [-0.25, -0.2) is 0 Å². The molecule has 4 nitrogen and oxygen atoms in total. The molecule has 0 unspecified atom stereocenters. The van der Waals surface area contributed by atoms with Crippen LogP contribution in [-0.4, -0.2) is 35.5 Å². The first-order valence-corrected chi connectivity index (χ1v) is 6.05. The van der Waals surface area contributed by atoms with E-state index in [1.165, 1.54) is 0 Å². The van der Waals surface area contributed by atoms with Crippen molar-refractivity contribution in [2.75, 3.05) is 13.2 Å². The van der Waals surface area contributed by atoms with Gasteiger partial charge in [-0.15, -0.1) is 0 Å². The number of rotatable bonds is 3. The monoisotopic (exact) mass is 228 g/mol. The lowest BCUT2D eigenvalue weighted by molar-refractivity contribution is -0.216. The molecule has 0 radical (unpaired) electrons. The normalized spacial score (nSPS) is 37.8. The fraction of sp³-hybridized carbons (Fsp3) is 0.917. The van der Waals surface area contributed by atoms with E-state index in [0.717, 1.165) is 6.42 Å². The molecule has 4 heteroatoms. The van der Waals surface area contributed by atoms with Crippen LogP contribution in [0.25, 0.3) is 0 Å². The summed E-state index contributed by atoms with van der Waals surface area (Å²) in [5.41, 5.74) is -0.863. The molecule has 1 aliphatic carbocycles. The summed E-state index contributed by atoms with van der Waals surface area (Å²) in [6.45, 7) is 3.16. The third kappa shape index (κ3) is 1.47. The van der Waals surface area contributed by atoms with Crippen molar-refractivity contribution in [2.24, 2.45) is 10.8 Å². The Kier molecular flexibility index (Phi) is 2.97. The molecule has 1 saturated heterocycles. The molecular weight excluding hydrogens is 208 g/mol. The zero-order valence-corrected chi connectivity index (χ0v) is 9.74. The number of hydrogen-bond donors (Lipinski definition) is 2. The zero-order valence-electron chi connectivity index (χ0n) is 9.74. The predicted molar refractivity (Wildman–Crippen MR) is 58.1 cm³/mol. The summed E-state index contributed by atoms with van der Waals surface area (Å²) < 4.78 is 5.26. The molecule has 1 heterocycles. The smallest absolute Gasteiger partial charge is 0.310 e. The Balaban J connectivity index is 2.25. The highest BCUT2D eigenvalue weighted by atomic mass is 16.5. The maximum absolute atomic E-state index is 11.6. The summed E-state index contributed by atoms with van der Waals surface area (Å²) in [4.78, 5) is 11.6. The lowest BCUT2D eigenvalue weighted by Gasteiger charge is -2.54. The van der Waals surface area contributed by atoms with Gasteiger partial charge in [-0.05, 0) is 32.1 Å². The quantitative estimate of drug-likeness (QED) is 0.766. The van der Waals surface area contributed by atoms with Gasteiger partial charge in [0.2, 0.25) is 0 Å². The second kappa shape index (κ2) is 4.00. The van der Waals surface area contributed by atoms with Crippen molar-refractivity contribution in [1.82, 2.24) is 0 Å². The largest absolute Gasteiger partial charge is 0.481 e. The van der Waals surface area contributed by atoms with Gasteiger partial charge in [0.1, 0.15) is 0 Å². The van der Waals surface area contributed by atoms with Crippen LogP contribution in [0.15, 0.2) is 0 Å². The molecule has 0 aromatic heterocycles. The molecule has 0 aromatic rings. The minimum Gasteiger partial charge on any atom is -0.481 e. The molecular formula is C12H20O4. The van der Waals surface area contributed by atoms with Gasteiger partial charge in [-0.3, -0.25) is 4.79 Å². The Hall–Kier alpha value is -0.610. The van der Waals surface area contributed by atoms with E-state index in [9.17, 15) is 15.0 Å². The summed E-state index contributed by atoms with van der Waals surface area (Å²) in [6.07, 6.45) is 2.90. The van der Waals surface area contributed by atoms with Crippen LogP contribution in [0, 0.1) is 10.8 Å².